The van der Waals surface area contributed by atoms with Crippen molar-refractivity contribution >= 4 is 28.9 Å². The van der Waals surface area contributed by atoms with Crippen LogP contribution in [0.5, 0.6) is 0 Å². The highest BCUT2D eigenvalue weighted by Gasteiger charge is 2.33. The van der Waals surface area contributed by atoms with E-state index >= 15 is 0 Å². The fourth-order valence-electron chi connectivity index (χ4n) is 3.79. The number of hydrogen-bond donors (Lipinski definition) is 1. The molecule has 0 atom stereocenters. The summed E-state index contributed by atoms with van der Waals surface area (Å²) in [6.07, 6.45) is 5.67. The minimum absolute atomic E-state index is 0.0890. The quantitative estimate of drug-likeness (QED) is 0.845. The molecule has 1 aliphatic carbocycles. The fraction of sp³-hybridized carbons (Fsp3) is 0.391. The van der Waals surface area contributed by atoms with Crippen molar-refractivity contribution in [3.63, 3.8) is 0 Å². The number of amides is 2. The Labute approximate surface area is 166 Å². The number of nitrogens with zero attached hydrogens (tertiary/aromatic N) is 2. The van der Waals surface area contributed by atoms with Gasteiger partial charge in [0, 0.05) is 37.4 Å². The summed E-state index contributed by atoms with van der Waals surface area (Å²) >= 11 is 0. The lowest BCUT2D eigenvalue weighted by Gasteiger charge is -2.28. The van der Waals surface area contributed by atoms with Crippen molar-refractivity contribution in [1.82, 2.24) is 0 Å². The maximum Gasteiger partial charge on any atom is 0.257 e. The third kappa shape index (κ3) is 4.03. The lowest BCUT2D eigenvalue weighted by molar-refractivity contribution is -0.119. The van der Waals surface area contributed by atoms with Gasteiger partial charge in [-0.15, -0.1) is 0 Å². The summed E-state index contributed by atoms with van der Waals surface area (Å²) < 4.78 is 0. The maximum atomic E-state index is 12.9. The Morgan fingerprint density at radius 2 is 1.64 bits per heavy atom. The van der Waals surface area contributed by atoms with Crippen LogP contribution in [0.3, 0.4) is 0 Å². The second kappa shape index (κ2) is 8.05. The summed E-state index contributed by atoms with van der Waals surface area (Å²) in [5.74, 6) is 0.00588. The monoisotopic (exact) mass is 377 g/mol. The molecule has 5 heteroatoms. The van der Waals surface area contributed by atoms with Gasteiger partial charge in [-0.2, -0.15) is 0 Å². The molecule has 0 aromatic heterocycles. The van der Waals surface area contributed by atoms with Gasteiger partial charge in [-0.05, 0) is 68.5 Å². The molecule has 0 unspecified atom stereocenters. The van der Waals surface area contributed by atoms with Crippen LogP contribution >= 0.6 is 0 Å². The second-order valence-corrected chi connectivity index (χ2v) is 7.74. The van der Waals surface area contributed by atoms with Crippen LogP contribution in [0.1, 0.15) is 42.5 Å². The normalized spacial score (nSPS) is 16.5. The zero-order valence-corrected chi connectivity index (χ0v) is 16.4. The third-order valence-corrected chi connectivity index (χ3v) is 5.61. The predicted octanol–water partition coefficient (Wildman–Crippen LogP) is 4.30. The van der Waals surface area contributed by atoms with Crippen molar-refractivity contribution < 1.29 is 9.59 Å². The summed E-state index contributed by atoms with van der Waals surface area (Å²) in [5, 5.41) is 2.97. The molecule has 2 aromatic carbocycles. The van der Waals surface area contributed by atoms with Crippen LogP contribution in [0.2, 0.25) is 0 Å². The number of hydrogen-bond acceptors (Lipinski definition) is 3. The molecule has 146 valence electrons. The molecule has 0 radical (unpaired) electrons. The molecule has 2 aromatic rings. The van der Waals surface area contributed by atoms with E-state index in [1.807, 2.05) is 30.3 Å². The summed E-state index contributed by atoms with van der Waals surface area (Å²) in [7, 11) is 1.75. The lowest BCUT2D eigenvalue weighted by Crippen LogP contribution is -2.30. The van der Waals surface area contributed by atoms with Crippen molar-refractivity contribution in [2.45, 2.75) is 32.1 Å². The number of piperidine rings is 1. The number of rotatable bonds is 5. The van der Waals surface area contributed by atoms with Gasteiger partial charge in [0.1, 0.15) is 0 Å². The molecule has 0 bridgehead atoms. The first kappa shape index (κ1) is 18.5. The Morgan fingerprint density at radius 1 is 0.964 bits per heavy atom. The molecule has 4 rings (SSSR count). The molecule has 1 N–H and O–H groups in total. The van der Waals surface area contributed by atoms with Crippen LogP contribution in [-0.4, -0.2) is 32.0 Å². The standard InChI is InChI=1S/C23H27N3O2/c1-25(23(28)17-9-10-17)21-8-4-3-7-20(21)22(27)24-18-11-13-19(14-12-18)26-15-5-2-6-16-26/h3-4,7-8,11-14,17H,2,5-6,9-10,15-16H2,1H3,(H,24,27). The van der Waals surface area contributed by atoms with Crippen molar-refractivity contribution in [2.24, 2.45) is 5.92 Å². The Balaban J connectivity index is 1.47. The van der Waals surface area contributed by atoms with Crippen LogP contribution in [-0.2, 0) is 4.79 Å². The summed E-state index contributed by atoms with van der Waals surface area (Å²) in [6.45, 7) is 2.20. The molecule has 0 spiro atoms. The topological polar surface area (TPSA) is 52.7 Å². The number of carbonyl (C=O) groups is 2. The first-order valence-corrected chi connectivity index (χ1v) is 10.2. The van der Waals surface area contributed by atoms with Crippen molar-refractivity contribution in [3.8, 4) is 0 Å². The molecular formula is C23H27N3O2. The molecule has 5 nitrogen and oxygen atoms in total. The molecule has 2 amide bonds. The Morgan fingerprint density at radius 3 is 2.32 bits per heavy atom. The number of nitrogens with one attached hydrogen (secondary N) is 1. The first-order valence-electron chi connectivity index (χ1n) is 10.2. The fourth-order valence-corrected chi connectivity index (χ4v) is 3.79. The minimum atomic E-state index is -0.197. The lowest BCUT2D eigenvalue weighted by atomic mass is 10.1. The third-order valence-electron chi connectivity index (χ3n) is 5.61. The molecule has 2 aliphatic rings. The average molecular weight is 377 g/mol. The van der Waals surface area contributed by atoms with Gasteiger partial charge < -0.3 is 15.1 Å². The van der Waals surface area contributed by atoms with Gasteiger partial charge in [-0.25, -0.2) is 0 Å². The van der Waals surface area contributed by atoms with E-state index in [0.717, 1.165) is 31.6 Å². The highest BCUT2D eigenvalue weighted by molar-refractivity contribution is 6.11. The Kier molecular flexibility index (Phi) is 5.33. The molecule has 2 fully saturated rings. The SMILES string of the molecule is CN(C(=O)C1CC1)c1ccccc1C(=O)Nc1ccc(N2CCCCC2)cc1. The van der Waals surface area contributed by atoms with Gasteiger partial charge in [0.25, 0.3) is 5.91 Å². The van der Waals surface area contributed by atoms with Crippen LogP contribution in [0.15, 0.2) is 48.5 Å². The van der Waals surface area contributed by atoms with Crippen LogP contribution in [0, 0.1) is 5.92 Å². The average Bonchev–Trinajstić information content (AvgIpc) is 3.59. The number of benzene rings is 2. The van der Waals surface area contributed by atoms with Crippen molar-refractivity contribution in [3.05, 3.63) is 54.1 Å². The zero-order chi connectivity index (χ0) is 19.5. The van der Waals surface area contributed by atoms with E-state index in [2.05, 4.69) is 22.3 Å². The first-order chi connectivity index (χ1) is 13.6. The van der Waals surface area contributed by atoms with E-state index in [9.17, 15) is 9.59 Å². The molecule has 1 saturated carbocycles. The smallest absolute Gasteiger partial charge is 0.257 e. The second-order valence-electron chi connectivity index (χ2n) is 7.74. The number of para-hydroxylation sites is 1. The maximum absolute atomic E-state index is 12.9. The van der Waals surface area contributed by atoms with Gasteiger partial charge in [-0.3, -0.25) is 9.59 Å². The molecule has 1 heterocycles. The van der Waals surface area contributed by atoms with Crippen LogP contribution in [0.4, 0.5) is 17.1 Å². The molecular weight excluding hydrogens is 350 g/mol. The van der Waals surface area contributed by atoms with Crippen molar-refractivity contribution in [2.75, 3.05) is 35.3 Å². The molecule has 1 saturated heterocycles. The highest BCUT2D eigenvalue weighted by atomic mass is 16.2. The number of carbonyl (C=O) groups excluding carboxylic acids is 2. The Hall–Kier alpha value is -2.82. The largest absolute Gasteiger partial charge is 0.372 e. The summed E-state index contributed by atoms with van der Waals surface area (Å²) in [6, 6.07) is 15.3. The van der Waals surface area contributed by atoms with Gasteiger partial charge >= 0.3 is 0 Å². The molecule has 1 aliphatic heterocycles. The van der Waals surface area contributed by atoms with Gasteiger partial charge in [0.2, 0.25) is 5.91 Å². The molecule has 28 heavy (non-hydrogen) atoms. The predicted molar refractivity (Wildman–Crippen MR) is 113 cm³/mol. The summed E-state index contributed by atoms with van der Waals surface area (Å²) in [5.41, 5.74) is 3.13. The zero-order valence-electron chi connectivity index (χ0n) is 16.4. The highest BCUT2D eigenvalue weighted by Crippen LogP contribution is 2.33. The van der Waals surface area contributed by atoms with Crippen LogP contribution < -0.4 is 15.1 Å². The van der Waals surface area contributed by atoms with E-state index in [-0.39, 0.29) is 17.7 Å². The number of anilines is 3. The van der Waals surface area contributed by atoms with Gasteiger partial charge in [0.15, 0.2) is 0 Å². The van der Waals surface area contributed by atoms with Gasteiger partial charge in [0.05, 0.1) is 11.3 Å². The Bertz CT molecular complexity index is 852. The summed E-state index contributed by atoms with van der Waals surface area (Å²) in [4.78, 5) is 29.3. The van der Waals surface area contributed by atoms with Crippen molar-refractivity contribution in [1.29, 1.82) is 0 Å². The van der Waals surface area contributed by atoms with E-state index in [1.165, 1.54) is 24.9 Å². The van der Waals surface area contributed by atoms with Gasteiger partial charge in [-0.1, -0.05) is 12.1 Å². The van der Waals surface area contributed by atoms with Crippen LogP contribution in [0.25, 0.3) is 0 Å². The van der Waals surface area contributed by atoms with E-state index in [0.29, 0.717) is 11.3 Å². The minimum Gasteiger partial charge on any atom is -0.372 e. The van der Waals surface area contributed by atoms with E-state index in [4.69, 9.17) is 0 Å². The van der Waals surface area contributed by atoms with E-state index in [1.54, 1.807) is 18.0 Å². The van der Waals surface area contributed by atoms with E-state index < -0.39 is 0 Å².